The first-order chi connectivity index (χ1) is 9.39. The number of nitrogens with zero attached hydrogens (tertiary/aromatic N) is 4. The summed E-state index contributed by atoms with van der Waals surface area (Å²) in [4.78, 5) is 11.2. The van der Waals surface area contributed by atoms with Crippen molar-refractivity contribution >= 4 is 5.97 Å². The molecule has 0 amide bonds. The highest BCUT2D eigenvalue weighted by Crippen LogP contribution is 2.37. The summed E-state index contributed by atoms with van der Waals surface area (Å²) in [7, 11) is 0. The standard InChI is InChI=1S/C14H24N4O2/c1-14(2,3)11(9-12(19)20)18-13(15-16-17-18)10-7-5-4-6-8-10/h10-11H,4-9H2,1-3H3,(H,19,20). The third kappa shape index (κ3) is 3.35. The maximum Gasteiger partial charge on any atom is 0.305 e. The Hall–Kier alpha value is -1.46. The first-order valence-electron chi connectivity index (χ1n) is 7.39. The van der Waals surface area contributed by atoms with Gasteiger partial charge in [0.15, 0.2) is 5.82 Å². The van der Waals surface area contributed by atoms with Gasteiger partial charge in [0.05, 0.1) is 12.5 Å². The summed E-state index contributed by atoms with van der Waals surface area (Å²) in [5.41, 5.74) is -0.197. The van der Waals surface area contributed by atoms with E-state index in [0.717, 1.165) is 18.7 Å². The van der Waals surface area contributed by atoms with Crippen LogP contribution in [0, 0.1) is 5.41 Å². The second-order valence-corrected chi connectivity index (χ2v) is 6.80. The molecule has 1 aliphatic carbocycles. The highest BCUT2D eigenvalue weighted by Gasteiger charge is 2.33. The Bertz CT molecular complexity index is 458. The molecule has 0 saturated heterocycles. The summed E-state index contributed by atoms with van der Waals surface area (Å²) in [6, 6.07) is -0.216. The SMILES string of the molecule is CC(C)(C)C(CC(=O)O)n1nnnc1C1CCCCC1. The van der Waals surface area contributed by atoms with Gasteiger partial charge in [-0.2, -0.15) is 0 Å². The van der Waals surface area contributed by atoms with Crippen molar-refractivity contribution in [3.8, 4) is 0 Å². The highest BCUT2D eigenvalue weighted by molar-refractivity contribution is 5.67. The largest absolute Gasteiger partial charge is 0.481 e. The second-order valence-electron chi connectivity index (χ2n) is 6.80. The summed E-state index contributed by atoms with van der Waals surface area (Å²) in [6.45, 7) is 6.10. The van der Waals surface area contributed by atoms with Crippen LogP contribution in [0.15, 0.2) is 0 Å². The highest BCUT2D eigenvalue weighted by atomic mass is 16.4. The van der Waals surface area contributed by atoms with Crippen LogP contribution in [0.5, 0.6) is 0 Å². The fraction of sp³-hybridized carbons (Fsp3) is 0.857. The van der Waals surface area contributed by atoms with E-state index >= 15 is 0 Å². The zero-order valence-electron chi connectivity index (χ0n) is 12.5. The Morgan fingerprint density at radius 2 is 2.00 bits per heavy atom. The van der Waals surface area contributed by atoms with Gasteiger partial charge in [-0.3, -0.25) is 4.79 Å². The molecule has 1 fully saturated rings. The Balaban J connectivity index is 2.29. The lowest BCUT2D eigenvalue weighted by atomic mass is 9.83. The van der Waals surface area contributed by atoms with E-state index in [2.05, 4.69) is 15.5 Å². The molecule has 1 N–H and O–H groups in total. The van der Waals surface area contributed by atoms with Crippen LogP contribution in [-0.2, 0) is 4.79 Å². The van der Waals surface area contributed by atoms with Gasteiger partial charge in [0.25, 0.3) is 0 Å². The van der Waals surface area contributed by atoms with Crippen LogP contribution in [0.3, 0.4) is 0 Å². The van der Waals surface area contributed by atoms with Gasteiger partial charge in [-0.25, -0.2) is 4.68 Å². The van der Waals surface area contributed by atoms with E-state index < -0.39 is 5.97 Å². The van der Waals surface area contributed by atoms with E-state index in [1.165, 1.54) is 19.3 Å². The number of tetrazole rings is 1. The van der Waals surface area contributed by atoms with Crippen molar-refractivity contribution in [3.05, 3.63) is 5.82 Å². The van der Waals surface area contributed by atoms with Crippen LogP contribution >= 0.6 is 0 Å². The van der Waals surface area contributed by atoms with Gasteiger partial charge < -0.3 is 5.11 Å². The Kier molecular flexibility index (Phi) is 4.40. The van der Waals surface area contributed by atoms with Gasteiger partial charge in [0.2, 0.25) is 0 Å². The average Bonchev–Trinajstić information content (AvgIpc) is 2.84. The molecule has 1 saturated carbocycles. The maximum absolute atomic E-state index is 11.2. The van der Waals surface area contributed by atoms with E-state index in [-0.39, 0.29) is 17.9 Å². The number of carbonyl (C=O) groups is 1. The summed E-state index contributed by atoms with van der Waals surface area (Å²) < 4.78 is 1.77. The van der Waals surface area contributed by atoms with Crippen molar-refractivity contribution < 1.29 is 9.90 Å². The molecule has 6 nitrogen and oxygen atoms in total. The monoisotopic (exact) mass is 280 g/mol. The minimum atomic E-state index is -0.810. The minimum Gasteiger partial charge on any atom is -0.481 e. The van der Waals surface area contributed by atoms with E-state index in [1.807, 2.05) is 20.8 Å². The molecule has 1 heterocycles. The Morgan fingerprint density at radius 1 is 1.35 bits per heavy atom. The number of carboxylic acid groups (broad SMARTS) is 1. The number of hydrogen-bond acceptors (Lipinski definition) is 4. The molecule has 1 atom stereocenters. The van der Waals surface area contributed by atoms with Crippen molar-refractivity contribution in [3.63, 3.8) is 0 Å². The summed E-state index contributed by atoms with van der Waals surface area (Å²) >= 11 is 0. The Labute approximate surface area is 119 Å². The lowest BCUT2D eigenvalue weighted by Crippen LogP contribution is -2.30. The number of aliphatic carboxylic acids is 1. The van der Waals surface area contributed by atoms with E-state index in [9.17, 15) is 4.79 Å². The van der Waals surface area contributed by atoms with Crippen molar-refractivity contribution in [2.75, 3.05) is 0 Å². The number of rotatable bonds is 4. The second kappa shape index (κ2) is 5.89. The van der Waals surface area contributed by atoms with Crippen molar-refractivity contribution in [2.45, 2.75) is 71.3 Å². The first kappa shape index (κ1) is 14.9. The average molecular weight is 280 g/mol. The third-order valence-electron chi connectivity index (χ3n) is 4.15. The number of aromatic nitrogens is 4. The molecule has 0 aromatic carbocycles. The predicted molar refractivity (Wildman–Crippen MR) is 74.4 cm³/mol. The van der Waals surface area contributed by atoms with Gasteiger partial charge in [0.1, 0.15) is 0 Å². The molecule has 1 aromatic heterocycles. The molecule has 0 aliphatic heterocycles. The quantitative estimate of drug-likeness (QED) is 0.917. The number of carboxylic acids is 1. The third-order valence-corrected chi connectivity index (χ3v) is 4.15. The molecule has 1 aliphatic rings. The van der Waals surface area contributed by atoms with E-state index in [1.54, 1.807) is 4.68 Å². The molecule has 2 rings (SSSR count). The van der Waals surface area contributed by atoms with Crippen molar-refractivity contribution in [2.24, 2.45) is 5.41 Å². The van der Waals surface area contributed by atoms with E-state index in [4.69, 9.17) is 5.11 Å². The normalized spacial score (nSPS) is 18.9. The summed E-state index contributed by atoms with van der Waals surface area (Å²) in [5.74, 6) is 0.429. The molecule has 6 heteroatoms. The molecule has 0 radical (unpaired) electrons. The lowest BCUT2D eigenvalue weighted by molar-refractivity contribution is -0.138. The van der Waals surface area contributed by atoms with Crippen LogP contribution in [0.25, 0.3) is 0 Å². The van der Waals surface area contributed by atoms with Gasteiger partial charge in [-0.05, 0) is 28.7 Å². The molecular weight excluding hydrogens is 256 g/mol. The molecule has 20 heavy (non-hydrogen) atoms. The van der Waals surface area contributed by atoms with Crippen LogP contribution in [0.1, 0.15) is 77.1 Å². The lowest BCUT2D eigenvalue weighted by Gasteiger charge is -2.31. The smallest absolute Gasteiger partial charge is 0.305 e. The fourth-order valence-electron chi connectivity index (χ4n) is 2.98. The fourth-order valence-corrected chi connectivity index (χ4v) is 2.98. The van der Waals surface area contributed by atoms with Crippen LogP contribution in [0.4, 0.5) is 0 Å². The van der Waals surface area contributed by atoms with Gasteiger partial charge >= 0.3 is 5.97 Å². The van der Waals surface area contributed by atoms with Crippen molar-refractivity contribution in [1.29, 1.82) is 0 Å². The molecule has 0 spiro atoms. The number of hydrogen-bond donors (Lipinski definition) is 1. The molecule has 1 unspecified atom stereocenters. The Morgan fingerprint density at radius 3 is 2.55 bits per heavy atom. The molecule has 0 bridgehead atoms. The van der Waals surface area contributed by atoms with Gasteiger partial charge in [0, 0.05) is 5.92 Å². The van der Waals surface area contributed by atoms with Crippen molar-refractivity contribution in [1.82, 2.24) is 20.2 Å². The summed E-state index contributed by atoms with van der Waals surface area (Å²) in [6.07, 6.45) is 5.94. The van der Waals surface area contributed by atoms with Gasteiger partial charge in [-0.1, -0.05) is 40.0 Å². The van der Waals surface area contributed by atoms with Crippen LogP contribution < -0.4 is 0 Å². The van der Waals surface area contributed by atoms with Crippen LogP contribution in [-0.4, -0.2) is 31.3 Å². The summed E-state index contributed by atoms with van der Waals surface area (Å²) in [5, 5.41) is 21.3. The molecular formula is C14H24N4O2. The zero-order chi connectivity index (χ0) is 14.8. The van der Waals surface area contributed by atoms with Crippen LogP contribution in [0.2, 0.25) is 0 Å². The maximum atomic E-state index is 11.2. The zero-order valence-corrected chi connectivity index (χ0v) is 12.5. The van der Waals surface area contributed by atoms with Gasteiger partial charge in [-0.15, -0.1) is 5.10 Å². The van der Waals surface area contributed by atoms with E-state index in [0.29, 0.717) is 5.92 Å². The topological polar surface area (TPSA) is 80.9 Å². The molecule has 112 valence electrons. The minimum absolute atomic E-state index is 0.0499. The predicted octanol–water partition coefficient (Wildman–Crippen LogP) is 2.78. The molecule has 1 aromatic rings. The first-order valence-corrected chi connectivity index (χ1v) is 7.39.